The van der Waals surface area contributed by atoms with E-state index in [1.54, 1.807) is 12.1 Å². The summed E-state index contributed by atoms with van der Waals surface area (Å²) in [6, 6.07) is 8.52. The number of halogens is 3. The largest absolute Gasteiger partial charge is 0.300 e. The molecule has 0 saturated carbocycles. The molecular formula is C15H8Cl2FNO2. The molecule has 1 heterocycles. The van der Waals surface area contributed by atoms with Crippen LogP contribution in [0.5, 0.6) is 0 Å². The summed E-state index contributed by atoms with van der Waals surface area (Å²) in [5.74, 6) is -1.75. The molecule has 1 amide bonds. The van der Waals surface area contributed by atoms with E-state index in [0.29, 0.717) is 21.3 Å². The summed E-state index contributed by atoms with van der Waals surface area (Å²) in [5.41, 5.74) is 1.13. The number of nitrogens with zero attached hydrogens (tertiary/aromatic N) is 1. The number of fused-ring (bicyclic) bond motifs is 1. The Hall–Kier alpha value is -1.91. The van der Waals surface area contributed by atoms with Gasteiger partial charge in [-0.05, 0) is 42.0 Å². The van der Waals surface area contributed by atoms with Crippen molar-refractivity contribution in [3.05, 3.63) is 63.4 Å². The Morgan fingerprint density at radius 2 is 1.81 bits per heavy atom. The summed E-state index contributed by atoms with van der Waals surface area (Å²) in [4.78, 5) is 25.3. The van der Waals surface area contributed by atoms with Crippen LogP contribution in [0.1, 0.15) is 15.9 Å². The lowest BCUT2D eigenvalue weighted by Gasteiger charge is -2.17. The lowest BCUT2D eigenvalue weighted by atomic mass is 10.1. The van der Waals surface area contributed by atoms with Crippen LogP contribution in [0.4, 0.5) is 10.1 Å². The molecule has 3 nitrogen and oxygen atoms in total. The van der Waals surface area contributed by atoms with Crippen molar-refractivity contribution in [3.8, 4) is 0 Å². The van der Waals surface area contributed by atoms with Crippen LogP contribution in [0.25, 0.3) is 0 Å². The average Bonchev–Trinajstić information content (AvgIpc) is 2.68. The molecule has 106 valence electrons. The van der Waals surface area contributed by atoms with E-state index in [4.69, 9.17) is 23.2 Å². The fourth-order valence-electron chi connectivity index (χ4n) is 2.26. The quantitative estimate of drug-likeness (QED) is 0.787. The van der Waals surface area contributed by atoms with Crippen LogP contribution < -0.4 is 4.90 Å². The molecule has 0 radical (unpaired) electrons. The summed E-state index contributed by atoms with van der Waals surface area (Å²) in [6.45, 7) is 0.0236. The molecule has 2 aromatic carbocycles. The van der Waals surface area contributed by atoms with E-state index in [-0.39, 0.29) is 12.1 Å². The molecule has 6 heteroatoms. The number of carbonyl (C=O) groups is 2. The zero-order valence-corrected chi connectivity index (χ0v) is 12.1. The van der Waals surface area contributed by atoms with E-state index in [1.807, 2.05) is 0 Å². The number of hydrogen-bond acceptors (Lipinski definition) is 2. The van der Waals surface area contributed by atoms with Crippen molar-refractivity contribution in [1.29, 1.82) is 0 Å². The standard InChI is InChI=1S/C15H8Cl2FNO2/c16-9-1-4-13-11(6-9)14(20)15(21)19(13)7-8-5-10(18)2-3-12(8)17/h1-6H,7H2. The maximum absolute atomic E-state index is 13.3. The molecule has 0 spiro atoms. The van der Waals surface area contributed by atoms with Gasteiger partial charge in [0.2, 0.25) is 0 Å². The van der Waals surface area contributed by atoms with Crippen LogP contribution in [0.2, 0.25) is 10.0 Å². The maximum atomic E-state index is 13.3. The minimum absolute atomic E-state index is 0.0236. The number of rotatable bonds is 2. The summed E-state index contributed by atoms with van der Waals surface area (Å²) in [5, 5.41) is 0.708. The second-order valence-corrected chi connectivity index (χ2v) is 5.46. The predicted octanol–water partition coefficient (Wildman–Crippen LogP) is 3.86. The first-order valence-electron chi connectivity index (χ1n) is 6.07. The monoisotopic (exact) mass is 323 g/mol. The van der Waals surface area contributed by atoms with Crippen LogP contribution in [0.3, 0.4) is 0 Å². The minimum Gasteiger partial charge on any atom is -0.300 e. The first-order chi connectivity index (χ1) is 9.97. The topological polar surface area (TPSA) is 37.4 Å². The second kappa shape index (κ2) is 5.13. The van der Waals surface area contributed by atoms with Crippen LogP contribution in [0.15, 0.2) is 36.4 Å². The molecule has 0 fully saturated rings. The number of carbonyl (C=O) groups excluding carboxylic acids is 2. The molecule has 0 N–H and O–H groups in total. The minimum atomic E-state index is -0.674. The summed E-state index contributed by atoms with van der Waals surface area (Å²) in [6.07, 6.45) is 0. The molecule has 0 bridgehead atoms. The van der Waals surface area contributed by atoms with Crippen LogP contribution >= 0.6 is 23.2 Å². The zero-order chi connectivity index (χ0) is 15.1. The van der Waals surface area contributed by atoms with Gasteiger partial charge >= 0.3 is 0 Å². The van der Waals surface area contributed by atoms with Crippen molar-refractivity contribution in [3.63, 3.8) is 0 Å². The highest BCUT2D eigenvalue weighted by Gasteiger charge is 2.36. The third-order valence-electron chi connectivity index (χ3n) is 3.27. The van der Waals surface area contributed by atoms with Gasteiger partial charge in [-0.25, -0.2) is 4.39 Å². The molecule has 0 atom stereocenters. The van der Waals surface area contributed by atoms with E-state index in [9.17, 15) is 14.0 Å². The average molecular weight is 324 g/mol. The zero-order valence-electron chi connectivity index (χ0n) is 10.6. The van der Waals surface area contributed by atoms with Crippen molar-refractivity contribution >= 4 is 40.6 Å². The van der Waals surface area contributed by atoms with E-state index >= 15 is 0 Å². The molecule has 0 aromatic heterocycles. The molecule has 0 saturated heterocycles. The van der Waals surface area contributed by atoms with Crippen molar-refractivity contribution in [2.24, 2.45) is 0 Å². The number of anilines is 1. The lowest BCUT2D eigenvalue weighted by molar-refractivity contribution is -0.114. The third kappa shape index (κ3) is 2.41. The summed E-state index contributed by atoms with van der Waals surface area (Å²) in [7, 11) is 0. The Morgan fingerprint density at radius 3 is 2.57 bits per heavy atom. The van der Waals surface area contributed by atoms with Gasteiger partial charge in [0.15, 0.2) is 0 Å². The fourth-order valence-corrected chi connectivity index (χ4v) is 2.61. The number of benzene rings is 2. The van der Waals surface area contributed by atoms with Gasteiger partial charge in [0.1, 0.15) is 5.82 Å². The highest BCUT2D eigenvalue weighted by molar-refractivity contribution is 6.52. The normalized spacial score (nSPS) is 13.8. The Balaban J connectivity index is 2.02. The molecule has 3 rings (SSSR count). The highest BCUT2D eigenvalue weighted by Crippen LogP contribution is 2.33. The van der Waals surface area contributed by atoms with Crippen molar-refractivity contribution in [2.75, 3.05) is 4.90 Å². The first-order valence-corrected chi connectivity index (χ1v) is 6.82. The van der Waals surface area contributed by atoms with Gasteiger partial charge < -0.3 is 4.90 Å². The molecular weight excluding hydrogens is 316 g/mol. The molecule has 1 aliphatic heterocycles. The Bertz CT molecular complexity index is 776. The van der Waals surface area contributed by atoms with Gasteiger partial charge in [-0.3, -0.25) is 9.59 Å². The van der Waals surface area contributed by atoms with E-state index in [0.717, 1.165) is 0 Å². The second-order valence-electron chi connectivity index (χ2n) is 4.62. The van der Waals surface area contributed by atoms with E-state index in [1.165, 1.54) is 29.2 Å². The van der Waals surface area contributed by atoms with Gasteiger partial charge in [-0.15, -0.1) is 0 Å². The fraction of sp³-hybridized carbons (Fsp3) is 0.0667. The van der Waals surface area contributed by atoms with Gasteiger partial charge in [0, 0.05) is 10.0 Å². The molecule has 0 unspecified atom stereocenters. The molecule has 21 heavy (non-hydrogen) atoms. The predicted molar refractivity (Wildman–Crippen MR) is 78.4 cm³/mol. The van der Waals surface area contributed by atoms with Crippen molar-refractivity contribution < 1.29 is 14.0 Å². The molecule has 2 aromatic rings. The van der Waals surface area contributed by atoms with Gasteiger partial charge in [-0.1, -0.05) is 23.2 Å². The lowest BCUT2D eigenvalue weighted by Crippen LogP contribution is -2.29. The smallest absolute Gasteiger partial charge is 0.299 e. The van der Waals surface area contributed by atoms with Crippen LogP contribution in [0, 0.1) is 5.82 Å². The van der Waals surface area contributed by atoms with Crippen molar-refractivity contribution in [1.82, 2.24) is 0 Å². The highest BCUT2D eigenvalue weighted by atomic mass is 35.5. The maximum Gasteiger partial charge on any atom is 0.299 e. The van der Waals surface area contributed by atoms with E-state index < -0.39 is 17.5 Å². The van der Waals surface area contributed by atoms with Gasteiger partial charge in [-0.2, -0.15) is 0 Å². The Morgan fingerprint density at radius 1 is 1.05 bits per heavy atom. The third-order valence-corrected chi connectivity index (χ3v) is 3.87. The van der Waals surface area contributed by atoms with Crippen LogP contribution in [-0.4, -0.2) is 11.7 Å². The van der Waals surface area contributed by atoms with Crippen LogP contribution in [-0.2, 0) is 11.3 Å². The molecule has 0 aliphatic carbocycles. The Kier molecular flexibility index (Phi) is 3.43. The van der Waals surface area contributed by atoms with Gasteiger partial charge in [0.05, 0.1) is 17.8 Å². The number of ketones is 1. The number of amides is 1. The SMILES string of the molecule is O=C1C(=O)N(Cc2cc(F)ccc2Cl)c2ccc(Cl)cc21. The summed E-state index contributed by atoms with van der Waals surface area (Å²) < 4.78 is 13.3. The Labute approximate surface area is 129 Å². The molecule has 1 aliphatic rings. The summed E-state index contributed by atoms with van der Waals surface area (Å²) >= 11 is 11.8. The number of Topliss-reactive ketones (excluding diaryl/α,β-unsaturated/α-hetero) is 1. The van der Waals surface area contributed by atoms with Gasteiger partial charge in [0.25, 0.3) is 11.7 Å². The number of hydrogen-bond donors (Lipinski definition) is 0. The van der Waals surface area contributed by atoms with E-state index in [2.05, 4.69) is 0 Å². The first kappa shape index (κ1) is 14.0. The van der Waals surface area contributed by atoms with Crippen molar-refractivity contribution in [2.45, 2.75) is 6.54 Å².